The van der Waals surface area contributed by atoms with Crippen molar-refractivity contribution >= 4 is 52.5 Å². The average Bonchev–Trinajstić information content (AvgIpc) is 3.25. The van der Waals surface area contributed by atoms with Gasteiger partial charge >= 0.3 is 0 Å². The molecule has 0 aliphatic carbocycles. The van der Waals surface area contributed by atoms with E-state index >= 15 is 0 Å². The first-order valence-corrected chi connectivity index (χ1v) is 13.2. The third kappa shape index (κ3) is 7.15. The quantitative estimate of drug-likeness (QED) is 0.290. The van der Waals surface area contributed by atoms with E-state index in [2.05, 4.69) is 34.7 Å². The molecule has 0 bridgehead atoms. The van der Waals surface area contributed by atoms with Crippen molar-refractivity contribution in [1.82, 2.24) is 20.1 Å². The lowest BCUT2D eigenvalue weighted by Crippen LogP contribution is -2.32. The summed E-state index contributed by atoms with van der Waals surface area (Å²) in [5.74, 6) is 1.11. The van der Waals surface area contributed by atoms with Crippen molar-refractivity contribution in [1.29, 1.82) is 0 Å². The number of hydrogen-bond acceptors (Lipinski definition) is 6. The topological polar surface area (TPSA) is 98.1 Å². The summed E-state index contributed by atoms with van der Waals surface area (Å²) in [5, 5.41) is 15.9. The number of ether oxygens (including phenoxy) is 1. The van der Waals surface area contributed by atoms with Crippen LogP contribution in [0.3, 0.4) is 0 Å². The Morgan fingerprint density at radius 1 is 1.14 bits per heavy atom. The number of para-hydroxylation sites is 2. The number of methoxy groups -OCH3 is 1. The molecule has 1 atom stereocenters. The van der Waals surface area contributed by atoms with Crippen LogP contribution in [0.4, 0.5) is 5.69 Å². The summed E-state index contributed by atoms with van der Waals surface area (Å²) in [6, 6.07) is 11.6. The molecule has 8 nitrogen and oxygen atoms in total. The molecule has 0 radical (unpaired) electrons. The standard InChI is InChI=1S/C25H29Cl2N5O3S/c1-5-32-23(20(12-15(2)3)29-24(34)17-11-10-16(26)13-18(17)27)30-31-25(32)36-14-22(33)28-19-8-6-7-9-21(19)35-4/h6-11,13,15,20H,5,12,14H2,1-4H3,(H,28,33)(H,29,34)/t20-/m1/s1. The fraction of sp³-hybridized carbons (Fsp3) is 0.360. The predicted molar refractivity (Wildman–Crippen MR) is 144 cm³/mol. The van der Waals surface area contributed by atoms with Crippen LogP contribution in [-0.4, -0.2) is 39.4 Å². The van der Waals surface area contributed by atoms with Crippen LogP contribution < -0.4 is 15.4 Å². The maximum Gasteiger partial charge on any atom is 0.253 e. The number of hydrogen-bond donors (Lipinski definition) is 2. The Balaban J connectivity index is 1.75. The van der Waals surface area contributed by atoms with E-state index in [9.17, 15) is 9.59 Å². The number of benzene rings is 2. The lowest BCUT2D eigenvalue weighted by Gasteiger charge is -2.21. The molecule has 192 valence electrons. The zero-order valence-electron chi connectivity index (χ0n) is 20.5. The van der Waals surface area contributed by atoms with Crippen LogP contribution >= 0.6 is 35.0 Å². The Bertz CT molecular complexity index is 1220. The van der Waals surface area contributed by atoms with Crippen molar-refractivity contribution in [3.63, 3.8) is 0 Å². The minimum absolute atomic E-state index is 0.137. The number of amides is 2. The normalized spacial score (nSPS) is 11.9. The van der Waals surface area contributed by atoms with E-state index in [1.54, 1.807) is 31.4 Å². The summed E-state index contributed by atoms with van der Waals surface area (Å²) in [5.41, 5.74) is 0.934. The highest BCUT2D eigenvalue weighted by molar-refractivity contribution is 7.99. The molecule has 11 heteroatoms. The summed E-state index contributed by atoms with van der Waals surface area (Å²) in [7, 11) is 1.55. The molecule has 1 heterocycles. The largest absolute Gasteiger partial charge is 0.495 e. The van der Waals surface area contributed by atoms with Crippen LogP contribution in [0.2, 0.25) is 10.0 Å². The highest BCUT2D eigenvalue weighted by atomic mass is 35.5. The molecule has 0 aliphatic heterocycles. The van der Waals surface area contributed by atoms with Crippen molar-refractivity contribution in [2.45, 2.75) is 44.9 Å². The number of carbonyl (C=O) groups is 2. The minimum atomic E-state index is -0.395. The molecular formula is C25H29Cl2N5O3S. The van der Waals surface area contributed by atoms with Gasteiger partial charge in [-0.15, -0.1) is 10.2 Å². The van der Waals surface area contributed by atoms with Gasteiger partial charge in [-0.3, -0.25) is 9.59 Å². The van der Waals surface area contributed by atoms with Gasteiger partial charge in [0.2, 0.25) is 5.91 Å². The van der Waals surface area contributed by atoms with Gasteiger partial charge in [-0.05, 0) is 49.6 Å². The molecule has 36 heavy (non-hydrogen) atoms. The van der Waals surface area contributed by atoms with Crippen LogP contribution in [0.5, 0.6) is 5.75 Å². The maximum atomic E-state index is 13.0. The fourth-order valence-electron chi connectivity index (χ4n) is 3.64. The van der Waals surface area contributed by atoms with Crippen molar-refractivity contribution < 1.29 is 14.3 Å². The van der Waals surface area contributed by atoms with E-state index in [1.165, 1.54) is 17.8 Å². The van der Waals surface area contributed by atoms with Crippen molar-refractivity contribution in [2.75, 3.05) is 18.2 Å². The van der Waals surface area contributed by atoms with E-state index in [1.807, 2.05) is 23.6 Å². The van der Waals surface area contributed by atoms with Gasteiger partial charge in [0.15, 0.2) is 11.0 Å². The summed E-state index contributed by atoms with van der Waals surface area (Å²) < 4.78 is 7.20. The number of nitrogens with zero attached hydrogens (tertiary/aromatic N) is 3. The molecule has 0 fully saturated rings. The Kier molecular flexibility index (Phi) is 10.0. The zero-order chi connectivity index (χ0) is 26.2. The SMILES string of the molecule is CCn1c(SCC(=O)Nc2ccccc2OC)nnc1[C@@H](CC(C)C)NC(=O)c1ccc(Cl)cc1Cl. The van der Waals surface area contributed by atoms with E-state index in [0.717, 1.165) is 0 Å². The molecule has 1 aromatic heterocycles. The molecule has 0 spiro atoms. The summed E-state index contributed by atoms with van der Waals surface area (Å²) in [6.07, 6.45) is 0.647. The number of thioether (sulfide) groups is 1. The van der Waals surface area contributed by atoms with Crippen molar-refractivity contribution in [3.05, 3.63) is 63.9 Å². The Hall–Kier alpha value is -2.75. The molecule has 2 amide bonds. The van der Waals surface area contributed by atoms with E-state index in [0.29, 0.717) is 46.0 Å². The monoisotopic (exact) mass is 549 g/mol. The maximum absolute atomic E-state index is 13.0. The number of anilines is 1. The van der Waals surface area contributed by atoms with Gasteiger partial charge in [0.05, 0.1) is 35.2 Å². The molecule has 3 aromatic rings. The smallest absolute Gasteiger partial charge is 0.253 e. The van der Waals surface area contributed by atoms with Gasteiger partial charge in [-0.25, -0.2) is 0 Å². The fourth-order valence-corrected chi connectivity index (χ4v) is 4.94. The number of carbonyl (C=O) groups excluding carboxylic acids is 2. The lowest BCUT2D eigenvalue weighted by atomic mass is 10.0. The molecule has 2 aromatic carbocycles. The third-order valence-corrected chi connectivity index (χ3v) is 6.79. The highest BCUT2D eigenvalue weighted by Gasteiger charge is 2.25. The first kappa shape index (κ1) is 27.8. The molecule has 0 aliphatic rings. The number of rotatable bonds is 11. The van der Waals surface area contributed by atoms with Crippen LogP contribution in [0.15, 0.2) is 47.6 Å². The zero-order valence-corrected chi connectivity index (χ0v) is 22.9. The van der Waals surface area contributed by atoms with E-state index < -0.39 is 6.04 Å². The third-order valence-electron chi connectivity index (χ3n) is 5.27. The van der Waals surface area contributed by atoms with Gasteiger partial charge in [0.25, 0.3) is 5.91 Å². The van der Waals surface area contributed by atoms with Gasteiger partial charge in [-0.1, -0.05) is 60.9 Å². The van der Waals surface area contributed by atoms with Gasteiger partial charge < -0.3 is 19.9 Å². The first-order chi connectivity index (χ1) is 17.2. The average molecular weight is 551 g/mol. The predicted octanol–water partition coefficient (Wildman–Crippen LogP) is 5.86. The second kappa shape index (κ2) is 13.0. The summed E-state index contributed by atoms with van der Waals surface area (Å²) in [4.78, 5) is 25.6. The summed E-state index contributed by atoms with van der Waals surface area (Å²) in [6.45, 7) is 6.68. The van der Waals surface area contributed by atoms with Crippen LogP contribution in [0, 0.1) is 5.92 Å². The van der Waals surface area contributed by atoms with Gasteiger partial charge in [0, 0.05) is 11.6 Å². The summed E-state index contributed by atoms with van der Waals surface area (Å²) >= 11 is 13.5. The second-order valence-corrected chi connectivity index (χ2v) is 10.2. The Morgan fingerprint density at radius 2 is 1.89 bits per heavy atom. The molecule has 2 N–H and O–H groups in total. The number of halogens is 2. The molecule has 3 rings (SSSR count). The molecule has 0 saturated carbocycles. The number of aromatic nitrogens is 3. The molecule has 0 saturated heterocycles. The lowest BCUT2D eigenvalue weighted by molar-refractivity contribution is -0.113. The van der Waals surface area contributed by atoms with Crippen molar-refractivity contribution in [2.24, 2.45) is 5.92 Å². The van der Waals surface area contributed by atoms with Crippen LogP contribution in [-0.2, 0) is 11.3 Å². The molecule has 0 unspecified atom stereocenters. The van der Waals surface area contributed by atoms with Gasteiger partial charge in [-0.2, -0.15) is 0 Å². The number of nitrogens with one attached hydrogen (secondary N) is 2. The van der Waals surface area contributed by atoms with E-state index in [-0.39, 0.29) is 28.5 Å². The van der Waals surface area contributed by atoms with Gasteiger partial charge in [0.1, 0.15) is 5.75 Å². The highest BCUT2D eigenvalue weighted by Crippen LogP contribution is 2.28. The van der Waals surface area contributed by atoms with Crippen molar-refractivity contribution in [3.8, 4) is 5.75 Å². The molecular weight excluding hydrogens is 521 g/mol. The minimum Gasteiger partial charge on any atom is -0.495 e. The van der Waals surface area contributed by atoms with Crippen LogP contribution in [0.1, 0.15) is 49.4 Å². The van der Waals surface area contributed by atoms with E-state index in [4.69, 9.17) is 27.9 Å². The Labute approximate surface area is 225 Å². The second-order valence-electron chi connectivity index (χ2n) is 8.40. The Morgan fingerprint density at radius 3 is 2.56 bits per heavy atom. The first-order valence-electron chi connectivity index (χ1n) is 11.5. The van der Waals surface area contributed by atoms with Crippen LogP contribution in [0.25, 0.3) is 0 Å².